The van der Waals surface area contributed by atoms with Gasteiger partial charge in [-0.15, -0.1) is 13.2 Å². The van der Waals surface area contributed by atoms with E-state index in [0.29, 0.717) is 10.8 Å². The van der Waals surface area contributed by atoms with Gasteiger partial charge in [0.25, 0.3) is 0 Å². The molecule has 0 atom stereocenters. The number of aromatic nitrogens is 2. The van der Waals surface area contributed by atoms with Crippen molar-refractivity contribution < 1.29 is 28.2 Å². The van der Waals surface area contributed by atoms with E-state index in [-0.39, 0.29) is 12.5 Å². The Kier molecular flexibility index (Phi) is 9.63. The summed E-state index contributed by atoms with van der Waals surface area (Å²) in [5.74, 6) is 0.747. The molecule has 7 nitrogen and oxygen atoms in total. The van der Waals surface area contributed by atoms with E-state index in [9.17, 15) is 18.0 Å². The summed E-state index contributed by atoms with van der Waals surface area (Å²) in [7, 11) is 1.00. The zero-order chi connectivity index (χ0) is 21.2. The second-order valence-corrected chi connectivity index (χ2v) is 5.79. The number of carbonyl (C=O) groups is 1. The number of alkyl halides is 3. The highest BCUT2D eigenvalue weighted by Crippen LogP contribution is 2.21. The number of aliphatic hydroxyl groups excluding tert-OH is 1. The topological polar surface area (TPSA) is 98.6 Å². The molecule has 0 aliphatic carbocycles. The third-order valence-electron chi connectivity index (χ3n) is 3.44. The Morgan fingerprint density at radius 1 is 1.21 bits per heavy atom. The Hall–Kier alpha value is -2.43. The minimum absolute atomic E-state index is 0.105. The van der Waals surface area contributed by atoms with Gasteiger partial charge in [0.05, 0.1) is 12.2 Å². The second kappa shape index (κ2) is 11.4. The summed E-state index contributed by atoms with van der Waals surface area (Å²) in [6.07, 6.45) is -2.42. The van der Waals surface area contributed by atoms with E-state index in [2.05, 4.69) is 15.3 Å². The normalized spacial score (nSPS) is 12.6. The van der Waals surface area contributed by atoms with Gasteiger partial charge < -0.3 is 20.4 Å². The number of benzene rings is 1. The van der Waals surface area contributed by atoms with Crippen LogP contribution in [0.5, 0.6) is 0 Å². The van der Waals surface area contributed by atoms with Gasteiger partial charge in [0.1, 0.15) is 12.1 Å². The minimum atomic E-state index is -5.00. The Bertz CT molecular complexity index is 735. The van der Waals surface area contributed by atoms with Gasteiger partial charge in [-0.05, 0) is 18.6 Å². The smallest absolute Gasteiger partial charge is 0.400 e. The molecule has 11 heteroatoms. The molecule has 2 heterocycles. The lowest BCUT2D eigenvalue weighted by Gasteiger charge is -2.30. The number of nitrogens with one attached hydrogen (secondary N) is 1. The molecule has 154 valence electrons. The maximum atomic E-state index is 11.8. The first-order valence-corrected chi connectivity index (χ1v) is 8.43. The van der Waals surface area contributed by atoms with Crippen molar-refractivity contribution in [2.45, 2.75) is 12.8 Å². The molecule has 1 amide bonds. The predicted octanol–water partition coefficient (Wildman–Crippen LogP) is 2.55. The SMILES string of the molecule is CO.O=C(CNc1cc(-c2ccc(Cl)cc2)ncn1)N1CCC1.OC(F)(F)F. The number of halogens is 4. The zero-order valence-corrected chi connectivity index (χ0v) is 15.7. The highest BCUT2D eigenvalue weighted by atomic mass is 35.5. The standard InChI is InChI=1S/C15H15ClN4O.CHF3O.CH4O/c16-12-4-2-11(3-5-12)13-8-14(19-10-18-13)17-9-15(21)20-6-1-7-20;2-1(3,4)5;1-2/h2-5,8,10H,1,6-7,9H2,(H,17,18,19);5H;2H,1H3. The molecule has 1 aliphatic heterocycles. The largest absolute Gasteiger partial charge is 0.519 e. The molecule has 1 fully saturated rings. The number of hydrogen-bond donors (Lipinski definition) is 3. The summed E-state index contributed by atoms with van der Waals surface area (Å²) in [6, 6.07) is 9.27. The molecule has 0 saturated carbocycles. The van der Waals surface area contributed by atoms with Crippen LogP contribution in [0.3, 0.4) is 0 Å². The molecule has 1 aromatic carbocycles. The summed E-state index contributed by atoms with van der Waals surface area (Å²) in [4.78, 5) is 22.0. The monoisotopic (exact) mass is 420 g/mol. The van der Waals surface area contributed by atoms with E-state index < -0.39 is 6.36 Å². The van der Waals surface area contributed by atoms with E-state index in [0.717, 1.165) is 37.9 Å². The molecular formula is C17H20ClF3N4O3. The van der Waals surface area contributed by atoms with Crippen LogP contribution in [-0.2, 0) is 4.79 Å². The average molecular weight is 421 g/mol. The summed E-state index contributed by atoms with van der Waals surface area (Å²) in [5.41, 5.74) is 1.75. The average Bonchev–Trinajstić information content (AvgIpc) is 2.60. The van der Waals surface area contributed by atoms with Crippen LogP contribution in [0.4, 0.5) is 19.0 Å². The molecule has 28 heavy (non-hydrogen) atoms. The van der Waals surface area contributed by atoms with Crippen LogP contribution in [0.1, 0.15) is 6.42 Å². The Labute approximate surface area is 164 Å². The van der Waals surface area contributed by atoms with Crippen LogP contribution in [0.2, 0.25) is 5.02 Å². The first-order valence-electron chi connectivity index (χ1n) is 8.06. The van der Waals surface area contributed by atoms with Crippen molar-refractivity contribution in [3.63, 3.8) is 0 Å². The number of carbonyl (C=O) groups excluding carboxylic acids is 1. The number of aliphatic hydroxyl groups is 2. The van der Waals surface area contributed by atoms with Crippen LogP contribution in [-0.4, -0.2) is 64.1 Å². The lowest BCUT2D eigenvalue weighted by molar-refractivity contribution is -0.295. The number of hydrogen-bond acceptors (Lipinski definition) is 6. The first-order chi connectivity index (χ1) is 13.2. The van der Waals surface area contributed by atoms with E-state index in [1.165, 1.54) is 6.33 Å². The fourth-order valence-corrected chi connectivity index (χ4v) is 2.20. The Balaban J connectivity index is 0.000000490. The van der Waals surface area contributed by atoms with Gasteiger partial charge in [-0.2, -0.15) is 0 Å². The van der Waals surface area contributed by atoms with Gasteiger partial charge >= 0.3 is 6.36 Å². The molecule has 1 saturated heterocycles. The highest BCUT2D eigenvalue weighted by molar-refractivity contribution is 6.30. The predicted molar refractivity (Wildman–Crippen MR) is 98.6 cm³/mol. The van der Waals surface area contributed by atoms with Crippen LogP contribution >= 0.6 is 11.6 Å². The molecule has 1 aliphatic rings. The lowest BCUT2D eigenvalue weighted by atomic mass is 10.1. The molecule has 1 aromatic heterocycles. The summed E-state index contributed by atoms with van der Waals surface area (Å²) < 4.78 is 29.7. The molecule has 0 spiro atoms. The minimum Gasteiger partial charge on any atom is -0.400 e. The number of likely N-dealkylation sites (tertiary alicyclic amines) is 1. The summed E-state index contributed by atoms with van der Waals surface area (Å²) in [6.45, 7) is 1.98. The molecule has 0 bridgehead atoms. The van der Waals surface area contributed by atoms with E-state index in [1.807, 2.05) is 35.2 Å². The molecular weight excluding hydrogens is 401 g/mol. The van der Waals surface area contributed by atoms with Crippen LogP contribution in [0.25, 0.3) is 11.3 Å². The molecule has 3 rings (SSSR count). The van der Waals surface area contributed by atoms with Crippen molar-refractivity contribution in [2.75, 3.05) is 32.1 Å². The van der Waals surface area contributed by atoms with Gasteiger partial charge in [-0.3, -0.25) is 4.79 Å². The maximum Gasteiger partial charge on any atom is 0.519 e. The van der Waals surface area contributed by atoms with Crippen molar-refractivity contribution in [1.82, 2.24) is 14.9 Å². The van der Waals surface area contributed by atoms with Gasteiger partial charge in [0.2, 0.25) is 5.91 Å². The summed E-state index contributed by atoms with van der Waals surface area (Å²) in [5, 5.41) is 17.3. The number of rotatable bonds is 4. The molecule has 2 aromatic rings. The van der Waals surface area contributed by atoms with Crippen LogP contribution in [0.15, 0.2) is 36.7 Å². The van der Waals surface area contributed by atoms with E-state index >= 15 is 0 Å². The third-order valence-corrected chi connectivity index (χ3v) is 3.69. The quantitative estimate of drug-likeness (QED) is 0.703. The molecule has 0 radical (unpaired) electrons. The molecule has 0 unspecified atom stereocenters. The Morgan fingerprint density at radius 3 is 2.29 bits per heavy atom. The second-order valence-electron chi connectivity index (χ2n) is 5.35. The zero-order valence-electron chi connectivity index (χ0n) is 14.9. The number of amides is 1. The number of anilines is 1. The first kappa shape index (κ1) is 23.6. The van der Waals surface area contributed by atoms with Crippen molar-refractivity contribution in [2.24, 2.45) is 0 Å². The maximum absolute atomic E-state index is 11.8. The Morgan fingerprint density at radius 2 is 1.79 bits per heavy atom. The van der Waals surface area contributed by atoms with Gasteiger partial charge in [-0.1, -0.05) is 23.7 Å². The highest BCUT2D eigenvalue weighted by Gasteiger charge is 2.20. The van der Waals surface area contributed by atoms with Gasteiger partial charge in [-0.25, -0.2) is 9.97 Å². The fourth-order valence-electron chi connectivity index (χ4n) is 2.08. The van der Waals surface area contributed by atoms with Crippen molar-refractivity contribution >= 4 is 23.3 Å². The van der Waals surface area contributed by atoms with E-state index in [1.54, 1.807) is 0 Å². The lowest BCUT2D eigenvalue weighted by Crippen LogP contribution is -2.44. The number of nitrogens with zero attached hydrogens (tertiary/aromatic N) is 3. The van der Waals surface area contributed by atoms with Crippen LogP contribution in [0, 0.1) is 0 Å². The summed E-state index contributed by atoms with van der Waals surface area (Å²) >= 11 is 5.88. The van der Waals surface area contributed by atoms with E-state index in [4.69, 9.17) is 21.8 Å². The van der Waals surface area contributed by atoms with Crippen molar-refractivity contribution in [3.8, 4) is 11.3 Å². The van der Waals surface area contributed by atoms with Crippen molar-refractivity contribution in [3.05, 3.63) is 41.7 Å². The van der Waals surface area contributed by atoms with Gasteiger partial charge in [0, 0.05) is 36.9 Å². The van der Waals surface area contributed by atoms with Gasteiger partial charge in [0.15, 0.2) is 0 Å². The fraction of sp³-hybridized carbons (Fsp3) is 0.353. The third kappa shape index (κ3) is 8.98. The molecule has 3 N–H and O–H groups in total. The van der Waals surface area contributed by atoms with Crippen LogP contribution < -0.4 is 5.32 Å². The van der Waals surface area contributed by atoms with Crippen molar-refractivity contribution in [1.29, 1.82) is 0 Å².